The van der Waals surface area contributed by atoms with Crippen LogP contribution in [0.25, 0.3) is 0 Å². The molecule has 1 aromatic rings. The summed E-state index contributed by atoms with van der Waals surface area (Å²) in [6.07, 6.45) is -0.00364. The molecule has 4 heteroatoms. The quantitative estimate of drug-likeness (QED) is 0.812. The Hall–Kier alpha value is -0.940. The van der Waals surface area contributed by atoms with Crippen molar-refractivity contribution in [3.63, 3.8) is 0 Å². The first kappa shape index (κ1) is 10.9. The van der Waals surface area contributed by atoms with Gasteiger partial charge in [0.05, 0.1) is 18.8 Å². The number of benzene rings is 1. The van der Waals surface area contributed by atoms with E-state index in [9.17, 15) is 5.11 Å². The number of aliphatic hydroxyl groups is 1. The molecule has 3 aliphatic rings. The summed E-state index contributed by atoms with van der Waals surface area (Å²) >= 11 is 0. The van der Waals surface area contributed by atoms with Crippen LogP contribution in [0.15, 0.2) is 30.3 Å². The molecule has 2 heterocycles. The average Bonchev–Trinajstić information content (AvgIpc) is 3.19. The molecule has 1 aromatic carbocycles. The molecule has 0 amide bonds. The van der Waals surface area contributed by atoms with Gasteiger partial charge in [0.2, 0.25) is 0 Å². The number of rotatable bonds is 1. The van der Waals surface area contributed by atoms with E-state index < -0.39 is 6.10 Å². The highest BCUT2D eigenvalue weighted by Crippen LogP contribution is 2.47. The smallest absolute Gasteiger partial charge is 0.184 e. The summed E-state index contributed by atoms with van der Waals surface area (Å²) in [6, 6.07) is 9.82. The average molecular weight is 248 g/mol. The van der Waals surface area contributed by atoms with Gasteiger partial charge in [-0.2, -0.15) is 0 Å². The SMILES string of the molecule is O[C@@H]1[C@@H]2C[C@@H]2O[C@@H]2COC(c3ccccc3)O[C@@H]12. The Bertz CT molecular complexity index is 435. The molecule has 2 saturated heterocycles. The Kier molecular flexibility index (Phi) is 2.45. The van der Waals surface area contributed by atoms with Crippen molar-refractivity contribution < 1.29 is 19.3 Å². The molecular weight excluding hydrogens is 232 g/mol. The van der Waals surface area contributed by atoms with Crippen molar-refractivity contribution in [2.24, 2.45) is 5.92 Å². The monoisotopic (exact) mass is 248 g/mol. The highest BCUT2D eigenvalue weighted by molar-refractivity contribution is 5.17. The van der Waals surface area contributed by atoms with Crippen molar-refractivity contribution in [3.8, 4) is 0 Å². The number of hydrogen-bond acceptors (Lipinski definition) is 4. The summed E-state index contributed by atoms with van der Waals surface area (Å²) in [4.78, 5) is 0. The Morgan fingerprint density at radius 3 is 2.72 bits per heavy atom. The summed E-state index contributed by atoms with van der Waals surface area (Å²) in [6.45, 7) is 0.491. The van der Waals surface area contributed by atoms with E-state index in [0.29, 0.717) is 6.61 Å². The summed E-state index contributed by atoms with van der Waals surface area (Å²) in [5, 5.41) is 10.2. The molecule has 4 nitrogen and oxygen atoms in total. The molecule has 1 saturated carbocycles. The van der Waals surface area contributed by atoms with Gasteiger partial charge in [-0.05, 0) is 6.42 Å². The molecule has 0 radical (unpaired) electrons. The van der Waals surface area contributed by atoms with Crippen LogP contribution in [0.4, 0.5) is 0 Å². The van der Waals surface area contributed by atoms with Crippen LogP contribution in [0.3, 0.4) is 0 Å². The van der Waals surface area contributed by atoms with Crippen LogP contribution < -0.4 is 0 Å². The third kappa shape index (κ3) is 1.68. The van der Waals surface area contributed by atoms with Crippen molar-refractivity contribution >= 4 is 0 Å². The minimum atomic E-state index is -0.413. The molecule has 18 heavy (non-hydrogen) atoms. The zero-order valence-corrected chi connectivity index (χ0v) is 9.94. The molecule has 0 spiro atoms. The van der Waals surface area contributed by atoms with Gasteiger partial charge in [0.25, 0.3) is 0 Å². The Morgan fingerprint density at radius 2 is 1.89 bits per heavy atom. The van der Waals surface area contributed by atoms with Crippen molar-refractivity contribution in [3.05, 3.63) is 35.9 Å². The molecule has 0 bridgehead atoms. The largest absolute Gasteiger partial charge is 0.390 e. The lowest BCUT2D eigenvalue weighted by Gasteiger charge is -2.41. The van der Waals surface area contributed by atoms with Crippen LogP contribution in [0.1, 0.15) is 18.3 Å². The third-order valence-electron chi connectivity index (χ3n) is 4.03. The van der Waals surface area contributed by atoms with Gasteiger partial charge in [0.15, 0.2) is 6.29 Å². The lowest BCUT2D eigenvalue weighted by Crippen LogP contribution is -2.53. The number of ether oxygens (including phenoxy) is 3. The van der Waals surface area contributed by atoms with Gasteiger partial charge < -0.3 is 19.3 Å². The Labute approximate surface area is 105 Å². The second-order valence-corrected chi connectivity index (χ2v) is 5.28. The summed E-state index contributed by atoms with van der Waals surface area (Å²) in [5.41, 5.74) is 0.987. The van der Waals surface area contributed by atoms with E-state index >= 15 is 0 Å². The molecule has 1 unspecified atom stereocenters. The lowest BCUT2D eigenvalue weighted by molar-refractivity contribution is -0.300. The Balaban J connectivity index is 1.54. The zero-order valence-electron chi connectivity index (χ0n) is 9.94. The van der Waals surface area contributed by atoms with E-state index in [1.165, 1.54) is 0 Å². The molecule has 4 rings (SSSR count). The van der Waals surface area contributed by atoms with E-state index in [-0.39, 0.29) is 30.5 Å². The van der Waals surface area contributed by atoms with Crippen LogP contribution in [-0.2, 0) is 14.2 Å². The fourth-order valence-corrected chi connectivity index (χ4v) is 2.92. The van der Waals surface area contributed by atoms with Gasteiger partial charge in [-0.1, -0.05) is 30.3 Å². The molecule has 0 aromatic heterocycles. The van der Waals surface area contributed by atoms with Crippen LogP contribution in [0.2, 0.25) is 0 Å². The maximum absolute atomic E-state index is 10.2. The van der Waals surface area contributed by atoms with Crippen LogP contribution in [-0.4, -0.2) is 36.1 Å². The second kappa shape index (κ2) is 4.03. The van der Waals surface area contributed by atoms with Crippen molar-refractivity contribution in [2.75, 3.05) is 6.61 Å². The van der Waals surface area contributed by atoms with E-state index in [1.54, 1.807) is 0 Å². The first-order valence-electron chi connectivity index (χ1n) is 6.48. The predicted octanol–water partition coefficient (Wildman–Crippen LogP) is 1.25. The summed E-state index contributed by atoms with van der Waals surface area (Å²) in [7, 11) is 0. The number of hydrogen-bond donors (Lipinski definition) is 1. The molecule has 96 valence electrons. The van der Waals surface area contributed by atoms with Gasteiger partial charge >= 0.3 is 0 Å². The Morgan fingerprint density at radius 1 is 1.06 bits per heavy atom. The zero-order chi connectivity index (χ0) is 12.1. The lowest BCUT2D eigenvalue weighted by atomic mass is 10.0. The molecule has 1 N–H and O–H groups in total. The van der Waals surface area contributed by atoms with Crippen molar-refractivity contribution in [1.29, 1.82) is 0 Å². The fraction of sp³-hybridized carbons (Fsp3) is 0.571. The first-order chi connectivity index (χ1) is 8.83. The molecule has 2 aliphatic heterocycles. The van der Waals surface area contributed by atoms with Crippen molar-refractivity contribution in [2.45, 2.75) is 37.1 Å². The topological polar surface area (TPSA) is 47.9 Å². The summed E-state index contributed by atoms with van der Waals surface area (Å²) < 4.78 is 17.4. The highest BCUT2D eigenvalue weighted by atomic mass is 16.7. The van der Waals surface area contributed by atoms with Gasteiger partial charge in [0.1, 0.15) is 12.2 Å². The normalized spacial score (nSPS) is 46.1. The number of aliphatic hydroxyl groups excluding tert-OH is 1. The van der Waals surface area contributed by atoms with Crippen LogP contribution in [0, 0.1) is 5.92 Å². The van der Waals surface area contributed by atoms with Gasteiger partial charge in [-0.3, -0.25) is 0 Å². The minimum absolute atomic E-state index is 0.122. The predicted molar refractivity (Wildman–Crippen MR) is 62.8 cm³/mol. The molecule has 3 fully saturated rings. The van der Waals surface area contributed by atoms with Gasteiger partial charge in [-0.25, -0.2) is 0 Å². The van der Waals surface area contributed by atoms with E-state index in [0.717, 1.165) is 12.0 Å². The van der Waals surface area contributed by atoms with Crippen LogP contribution >= 0.6 is 0 Å². The first-order valence-corrected chi connectivity index (χ1v) is 6.48. The summed E-state index contributed by atoms with van der Waals surface area (Å²) in [5.74, 6) is 0.265. The molecule has 1 aliphatic carbocycles. The molecule has 6 atom stereocenters. The van der Waals surface area contributed by atoms with E-state index in [2.05, 4.69) is 0 Å². The van der Waals surface area contributed by atoms with Gasteiger partial charge in [-0.15, -0.1) is 0 Å². The van der Waals surface area contributed by atoms with Crippen molar-refractivity contribution in [1.82, 2.24) is 0 Å². The van der Waals surface area contributed by atoms with Crippen LogP contribution in [0.5, 0.6) is 0 Å². The number of fused-ring (bicyclic) bond motifs is 2. The third-order valence-corrected chi connectivity index (χ3v) is 4.03. The second-order valence-electron chi connectivity index (χ2n) is 5.28. The van der Waals surface area contributed by atoms with E-state index in [1.807, 2.05) is 30.3 Å². The van der Waals surface area contributed by atoms with E-state index in [4.69, 9.17) is 14.2 Å². The minimum Gasteiger partial charge on any atom is -0.390 e. The van der Waals surface area contributed by atoms with Gasteiger partial charge in [0, 0.05) is 11.5 Å². The molecular formula is C14H16O4. The maximum Gasteiger partial charge on any atom is 0.184 e. The fourth-order valence-electron chi connectivity index (χ4n) is 2.92. The standard InChI is InChI=1S/C14H16O4/c15-12-9-6-10(9)17-11-7-16-14(18-13(11)12)8-4-2-1-3-5-8/h1-5,9-15H,6-7H2/t9-,10+,11-,12-,13-,14?/m1/s1. The maximum atomic E-state index is 10.2. The highest BCUT2D eigenvalue weighted by Gasteiger charge is 2.56.